The van der Waals surface area contributed by atoms with E-state index in [2.05, 4.69) is 4.98 Å². The van der Waals surface area contributed by atoms with Crippen LogP contribution in [0.1, 0.15) is 49.9 Å². The molecule has 0 unspecified atom stereocenters. The smallest absolute Gasteiger partial charge is 0.345 e. The van der Waals surface area contributed by atoms with Crippen LogP contribution in [0.25, 0.3) is 0 Å². The molecule has 1 amide bonds. The van der Waals surface area contributed by atoms with Crippen molar-refractivity contribution in [2.45, 2.75) is 38.6 Å². The van der Waals surface area contributed by atoms with Gasteiger partial charge in [0.05, 0.1) is 5.56 Å². The number of thiophene rings is 1. The van der Waals surface area contributed by atoms with Crippen LogP contribution in [-0.2, 0) is 6.42 Å². The molecule has 0 spiro atoms. The second-order valence-corrected chi connectivity index (χ2v) is 7.30. The Labute approximate surface area is 145 Å². The number of rotatable bonds is 6. The van der Waals surface area contributed by atoms with Gasteiger partial charge >= 0.3 is 5.97 Å². The number of carbonyl (C=O) groups is 2. The maximum Gasteiger partial charge on any atom is 0.345 e. The van der Waals surface area contributed by atoms with Crippen LogP contribution in [0.5, 0.6) is 0 Å². The zero-order valence-electron chi connectivity index (χ0n) is 13.6. The summed E-state index contributed by atoms with van der Waals surface area (Å²) in [6.07, 6.45) is 5.64. The van der Waals surface area contributed by atoms with Gasteiger partial charge in [0.15, 0.2) is 0 Å². The Bertz CT molecular complexity index is 738. The lowest BCUT2D eigenvalue weighted by Gasteiger charge is -2.37. The second-order valence-electron chi connectivity index (χ2n) is 6.04. The van der Waals surface area contributed by atoms with Gasteiger partial charge in [-0.2, -0.15) is 0 Å². The molecule has 24 heavy (non-hydrogen) atoms. The first-order valence-corrected chi connectivity index (χ1v) is 8.92. The molecule has 0 saturated heterocycles. The Morgan fingerprint density at radius 3 is 2.71 bits per heavy atom. The summed E-state index contributed by atoms with van der Waals surface area (Å²) in [6.45, 7) is 2.42. The van der Waals surface area contributed by atoms with Crippen LogP contribution in [0, 0.1) is 6.92 Å². The Balaban J connectivity index is 1.78. The van der Waals surface area contributed by atoms with Crippen LogP contribution < -0.4 is 0 Å². The number of aryl methyl sites for hydroxylation is 1. The summed E-state index contributed by atoms with van der Waals surface area (Å²) < 4.78 is 0. The number of carbonyl (C=O) groups excluding carboxylic acids is 1. The highest BCUT2D eigenvalue weighted by Crippen LogP contribution is 2.29. The van der Waals surface area contributed by atoms with E-state index in [4.69, 9.17) is 5.11 Å². The molecule has 0 aliphatic heterocycles. The molecule has 126 valence electrons. The standard InChI is InChI=1S/C18H20N2O3S/c1-12-15(11-16(24-12)18(22)23)17(21)20(14-6-4-7-14)10-8-13-5-2-3-9-19-13/h2-3,5,9,11,14H,4,6-8,10H2,1H3,(H,22,23). The molecular weight excluding hydrogens is 324 g/mol. The molecule has 0 aromatic carbocycles. The predicted molar refractivity (Wildman–Crippen MR) is 92.6 cm³/mol. The molecule has 1 N–H and O–H groups in total. The minimum atomic E-state index is -0.981. The first-order valence-electron chi connectivity index (χ1n) is 8.11. The molecule has 1 aliphatic rings. The highest BCUT2D eigenvalue weighted by molar-refractivity contribution is 7.14. The zero-order valence-corrected chi connectivity index (χ0v) is 14.4. The molecule has 2 aromatic heterocycles. The summed E-state index contributed by atoms with van der Waals surface area (Å²) in [5.41, 5.74) is 1.48. The number of carboxylic acids is 1. The number of pyridine rings is 1. The Morgan fingerprint density at radius 2 is 2.17 bits per heavy atom. The van der Waals surface area contributed by atoms with Crippen molar-refractivity contribution in [1.29, 1.82) is 0 Å². The number of aromatic nitrogens is 1. The van der Waals surface area contributed by atoms with Gasteiger partial charge in [-0.3, -0.25) is 9.78 Å². The van der Waals surface area contributed by atoms with Gasteiger partial charge in [-0.15, -0.1) is 11.3 Å². The van der Waals surface area contributed by atoms with E-state index in [1.807, 2.05) is 30.0 Å². The number of hydrogen-bond acceptors (Lipinski definition) is 4. The monoisotopic (exact) mass is 344 g/mol. The van der Waals surface area contributed by atoms with Crippen molar-refractivity contribution in [2.24, 2.45) is 0 Å². The Hall–Kier alpha value is -2.21. The van der Waals surface area contributed by atoms with Crippen LogP contribution in [0.2, 0.25) is 0 Å². The van der Waals surface area contributed by atoms with E-state index in [1.54, 1.807) is 6.20 Å². The van der Waals surface area contributed by atoms with Crippen molar-refractivity contribution in [3.63, 3.8) is 0 Å². The van der Waals surface area contributed by atoms with E-state index in [-0.39, 0.29) is 16.8 Å². The largest absolute Gasteiger partial charge is 0.477 e. The molecule has 0 radical (unpaired) electrons. The van der Waals surface area contributed by atoms with Crippen LogP contribution in [0.3, 0.4) is 0 Å². The maximum atomic E-state index is 13.0. The van der Waals surface area contributed by atoms with Gasteiger partial charge in [0, 0.05) is 35.8 Å². The number of amides is 1. The number of aromatic carboxylic acids is 1. The fourth-order valence-electron chi connectivity index (χ4n) is 2.88. The summed E-state index contributed by atoms with van der Waals surface area (Å²) in [6, 6.07) is 7.55. The van der Waals surface area contributed by atoms with Crippen molar-refractivity contribution < 1.29 is 14.7 Å². The average molecular weight is 344 g/mol. The molecule has 2 heterocycles. The normalized spacial score (nSPS) is 14.2. The van der Waals surface area contributed by atoms with E-state index in [0.717, 1.165) is 41.2 Å². The van der Waals surface area contributed by atoms with Crippen LogP contribution >= 0.6 is 11.3 Å². The summed E-state index contributed by atoms with van der Waals surface area (Å²) >= 11 is 1.16. The molecule has 0 bridgehead atoms. The second kappa shape index (κ2) is 7.13. The zero-order chi connectivity index (χ0) is 17.1. The van der Waals surface area contributed by atoms with Gasteiger partial charge in [-0.05, 0) is 44.4 Å². The van der Waals surface area contributed by atoms with Crippen LogP contribution in [-0.4, -0.2) is 39.5 Å². The third-order valence-corrected chi connectivity index (χ3v) is 5.51. The highest BCUT2D eigenvalue weighted by atomic mass is 32.1. The van der Waals surface area contributed by atoms with Crippen molar-refractivity contribution >= 4 is 23.2 Å². The van der Waals surface area contributed by atoms with Crippen LogP contribution in [0.4, 0.5) is 0 Å². The van der Waals surface area contributed by atoms with Crippen LogP contribution in [0.15, 0.2) is 30.5 Å². The highest BCUT2D eigenvalue weighted by Gasteiger charge is 2.31. The average Bonchev–Trinajstić information content (AvgIpc) is 2.92. The number of carboxylic acid groups (broad SMARTS) is 1. The first kappa shape index (κ1) is 16.6. The lowest BCUT2D eigenvalue weighted by atomic mass is 9.90. The lowest BCUT2D eigenvalue weighted by Crippen LogP contribution is -2.45. The van der Waals surface area contributed by atoms with Gasteiger partial charge in [-0.25, -0.2) is 4.79 Å². The van der Waals surface area contributed by atoms with E-state index in [0.29, 0.717) is 18.5 Å². The van der Waals surface area contributed by atoms with E-state index >= 15 is 0 Å². The molecule has 1 saturated carbocycles. The molecule has 3 rings (SSSR count). The minimum Gasteiger partial charge on any atom is -0.477 e. The summed E-state index contributed by atoms with van der Waals surface area (Å²) in [5.74, 6) is -1.04. The molecule has 1 aliphatic carbocycles. The van der Waals surface area contributed by atoms with Crippen molar-refractivity contribution in [3.05, 3.63) is 51.5 Å². The van der Waals surface area contributed by atoms with E-state index in [1.165, 1.54) is 6.07 Å². The fraction of sp³-hybridized carbons (Fsp3) is 0.389. The minimum absolute atomic E-state index is 0.0584. The third kappa shape index (κ3) is 3.48. The summed E-state index contributed by atoms with van der Waals surface area (Å²) in [7, 11) is 0. The third-order valence-electron chi connectivity index (χ3n) is 4.47. The van der Waals surface area contributed by atoms with E-state index in [9.17, 15) is 9.59 Å². The Morgan fingerprint density at radius 1 is 1.38 bits per heavy atom. The predicted octanol–water partition coefficient (Wildman–Crippen LogP) is 3.39. The van der Waals surface area contributed by atoms with Crippen molar-refractivity contribution in [2.75, 3.05) is 6.54 Å². The van der Waals surface area contributed by atoms with Gasteiger partial charge in [-0.1, -0.05) is 6.07 Å². The fourth-order valence-corrected chi connectivity index (χ4v) is 3.73. The molecular formula is C18H20N2O3S. The Kier molecular flexibility index (Phi) is 4.94. The molecule has 2 aromatic rings. The summed E-state index contributed by atoms with van der Waals surface area (Å²) in [5, 5.41) is 9.14. The van der Waals surface area contributed by atoms with Gasteiger partial charge in [0.1, 0.15) is 4.88 Å². The molecule has 5 nitrogen and oxygen atoms in total. The molecule has 6 heteroatoms. The van der Waals surface area contributed by atoms with Crippen molar-refractivity contribution in [1.82, 2.24) is 9.88 Å². The molecule has 0 atom stereocenters. The maximum absolute atomic E-state index is 13.0. The van der Waals surface area contributed by atoms with Crippen molar-refractivity contribution in [3.8, 4) is 0 Å². The SMILES string of the molecule is Cc1sc(C(=O)O)cc1C(=O)N(CCc1ccccn1)C1CCC1. The topological polar surface area (TPSA) is 70.5 Å². The lowest BCUT2D eigenvalue weighted by molar-refractivity contribution is 0.0582. The quantitative estimate of drug-likeness (QED) is 0.872. The van der Waals surface area contributed by atoms with Gasteiger partial charge in [0.2, 0.25) is 0 Å². The van der Waals surface area contributed by atoms with E-state index < -0.39 is 5.97 Å². The number of nitrogens with zero attached hydrogens (tertiary/aromatic N) is 2. The van der Waals surface area contributed by atoms with Gasteiger partial charge < -0.3 is 10.0 Å². The molecule has 1 fully saturated rings. The van der Waals surface area contributed by atoms with Gasteiger partial charge in [0.25, 0.3) is 5.91 Å². The number of hydrogen-bond donors (Lipinski definition) is 1. The summed E-state index contributed by atoms with van der Waals surface area (Å²) in [4.78, 5) is 31.3. The first-order chi connectivity index (χ1) is 11.6.